The maximum atomic E-state index is 13.1. The minimum absolute atomic E-state index is 0.0229. The highest BCUT2D eigenvalue weighted by Gasteiger charge is 2.18. The molecule has 434 valence electrons. The molecule has 0 aromatic heterocycles. The number of methoxy groups -OCH3 is 4. The summed E-state index contributed by atoms with van der Waals surface area (Å²) in [5.74, 6) is -1.21. The molecule has 0 aliphatic carbocycles. The van der Waals surface area contributed by atoms with Crippen LogP contribution in [0.25, 0.3) is 0 Å². The fourth-order valence-corrected chi connectivity index (χ4v) is 7.03. The minimum Gasteiger partial charge on any atom is -0.385 e. The number of Topliss-reactive ketones (excluding diaryl/α,β-unsaturated/α-hetero) is 4. The first-order valence-electron chi connectivity index (χ1n) is 26.6. The van der Waals surface area contributed by atoms with E-state index < -0.39 is 23.9 Å². The van der Waals surface area contributed by atoms with Crippen LogP contribution in [0.15, 0.2) is 18.2 Å². The number of hydrogen-bond donors (Lipinski definition) is 4. The summed E-state index contributed by atoms with van der Waals surface area (Å²) >= 11 is 0. The zero-order valence-corrected chi connectivity index (χ0v) is 46.1. The third-order valence-corrected chi connectivity index (χ3v) is 11.3. The summed E-state index contributed by atoms with van der Waals surface area (Å²) in [4.78, 5) is 100. The van der Waals surface area contributed by atoms with E-state index in [1.807, 2.05) is 6.92 Å². The van der Waals surface area contributed by atoms with Gasteiger partial charge in [0.25, 0.3) is 11.8 Å². The topological polar surface area (TPSA) is 277 Å². The molecule has 1 aromatic carbocycles. The predicted molar refractivity (Wildman–Crippen MR) is 281 cm³/mol. The Hall–Kier alpha value is -4.62. The molecule has 0 unspecified atom stereocenters. The Balaban J connectivity index is 2.55. The smallest absolute Gasteiger partial charge is 0.251 e. The standard InChI is InChI=1S/C54H90N4O18/c1-6-42-35-43(53(65)55-21-33-71-31-19-51(63)57-45(38-73-27-15-47(59)11-7-23-67-2)39-74-28-16-48(60)12-8-24-68-3)37-44(36-42)54(66)56-22-34-72-32-20-52(64)58-46(40-75-29-17-49(61)13-9-25-69-4)41-76-30-18-50(62)14-10-26-70-5/h35-37,45-46H,6-34,38-41H2,1-5H3,(H,55,65)(H,56,66)(H,57,63)(H,58,64). The first-order valence-corrected chi connectivity index (χ1v) is 26.6. The molecule has 4 N–H and O–H groups in total. The number of ketones is 4. The molecule has 1 aromatic rings. The second kappa shape index (κ2) is 47.6. The SMILES string of the molecule is CCc1cc(C(=O)NCCOCCC(=O)NC(COCCC(=O)CCCOC)COCCC(=O)CCCOC)cc(C(=O)NCCOCCC(=O)NC(COCCC(=O)CCCOC)COCCC(=O)CCCOC)c1. The molecule has 4 amide bonds. The highest BCUT2D eigenvalue weighted by atomic mass is 16.5. The van der Waals surface area contributed by atoms with Crippen molar-refractivity contribution in [1.29, 1.82) is 0 Å². The van der Waals surface area contributed by atoms with Crippen LogP contribution in [0.4, 0.5) is 0 Å². The highest BCUT2D eigenvalue weighted by Crippen LogP contribution is 2.12. The van der Waals surface area contributed by atoms with Crippen molar-refractivity contribution in [3.63, 3.8) is 0 Å². The average Bonchev–Trinajstić information content (AvgIpc) is 3.40. The average molecular weight is 1080 g/mol. The molecule has 76 heavy (non-hydrogen) atoms. The summed E-state index contributed by atoms with van der Waals surface area (Å²) < 4.78 is 54.0. The minimum atomic E-state index is -0.525. The van der Waals surface area contributed by atoms with Crippen LogP contribution in [0.2, 0.25) is 0 Å². The number of hydrogen-bond acceptors (Lipinski definition) is 18. The highest BCUT2D eigenvalue weighted by molar-refractivity contribution is 6.00. The summed E-state index contributed by atoms with van der Waals surface area (Å²) in [5.41, 5.74) is 1.36. The number of carbonyl (C=O) groups is 8. The Morgan fingerprint density at radius 2 is 0.684 bits per heavy atom. The van der Waals surface area contributed by atoms with E-state index in [2.05, 4.69) is 21.3 Å². The fraction of sp³-hybridized carbons (Fsp3) is 0.741. The molecule has 0 bridgehead atoms. The fourth-order valence-electron chi connectivity index (χ4n) is 7.03. The molecule has 0 heterocycles. The summed E-state index contributed by atoms with van der Waals surface area (Å²) in [6.07, 6.45) is 5.69. The van der Waals surface area contributed by atoms with Crippen molar-refractivity contribution in [3.05, 3.63) is 34.9 Å². The van der Waals surface area contributed by atoms with E-state index in [9.17, 15) is 38.4 Å². The van der Waals surface area contributed by atoms with Crippen molar-refractivity contribution in [2.75, 3.05) is 147 Å². The van der Waals surface area contributed by atoms with E-state index in [1.165, 1.54) is 6.07 Å². The lowest BCUT2D eigenvalue weighted by molar-refractivity contribution is -0.125. The van der Waals surface area contributed by atoms with Gasteiger partial charge in [0.05, 0.1) is 91.4 Å². The maximum absolute atomic E-state index is 13.1. The van der Waals surface area contributed by atoms with Crippen LogP contribution < -0.4 is 21.3 Å². The zero-order valence-electron chi connectivity index (χ0n) is 46.1. The number of ether oxygens (including phenoxy) is 10. The van der Waals surface area contributed by atoms with Gasteiger partial charge in [-0.05, 0) is 55.9 Å². The molecule has 0 saturated heterocycles. The van der Waals surface area contributed by atoms with Gasteiger partial charge in [0, 0.05) is 143 Å². The van der Waals surface area contributed by atoms with Crippen molar-refractivity contribution in [3.8, 4) is 0 Å². The van der Waals surface area contributed by atoms with E-state index in [4.69, 9.17) is 47.4 Å². The van der Waals surface area contributed by atoms with E-state index in [0.717, 1.165) is 5.56 Å². The van der Waals surface area contributed by atoms with Crippen molar-refractivity contribution >= 4 is 46.8 Å². The summed E-state index contributed by atoms with van der Waals surface area (Å²) in [6, 6.07) is 3.86. The Morgan fingerprint density at radius 3 is 0.974 bits per heavy atom. The van der Waals surface area contributed by atoms with E-state index in [1.54, 1.807) is 40.6 Å². The van der Waals surface area contributed by atoms with E-state index >= 15 is 0 Å². The molecule has 22 nitrogen and oxygen atoms in total. The van der Waals surface area contributed by atoms with Gasteiger partial charge in [-0.2, -0.15) is 0 Å². The number of aryl methyl sites for hydroxylation is 1. The van der Waals surface area contributed by atoms with Crippen LogP contribution in [0, 0.1) is 0 Å². The lowest BCUT2D eigenvalue weighted by Crippen LogP contribution is -2.42. The Labute approximate surface area is 450 Å². The van der Waals surface area contributed by atoms with Crippen LogP contribution in [0.3, 0.4) is 0 Å². The molecule has 22 heteroatoms. The lowest BCUT2D eigenvalue weighted by atomic mass is 10.0. The molecular weight excluding hydrogens is 993 g/mol. The number of carbonyl (C=O) groups excluding carboxylic acids is 8. The second-order valence-electron chi connectivity index (χ2n) is 17.9. The van der Waals surface area contributed by atoms with Crippen LogP contribution in [-0.2, 0) is 82.6 Å². The first-order chi connectivity index (χ1) is 36.8. The first kappa shape index (κ1) is 69.4. The van der Waals surface area contributed by atoms with E-state index in [0.29, 0.717) is 95.3 Å². The normalized spacial score (nSPS) is 11.2. The summed E-state index contributed by atoms with van der Waals surface area (Å²) in [5, 5.41) is 11.3. The van der Waals surface area contributed by atoms with Gasteiger partial charge in [0.2, 0.25) is 11.8 Å². The maximum Gasteiger partial charge on any atom is 0.251 e. The Bertz CT molecular complexity index is 1600. The third kappa shape index (κ3) is 38.8. The molecule has 0 fully saturated rings. The largest absolute Gasteiger partial charge is 0.385 e. The van der Waals surface area contributed by atoms with Gasteiger partial charge in [-0.25, -0.2) is 0 Å². The Kier molecular flexibility index (Phi) is 43.4. The monoisotopic (exact) mass is 1080 g/mol. The van der Waals surface area contributed by atoms with Gasteiger partial charge in [-0.3, -0.25) is 38.4 Å². The molecule has 0 aliphatic heterocycles. The van der Waals surface area contributed by atoms with Crippen molar-refractivity contribution in [1.82, 2.24) is 21.3 Å². The molecule has 0 aliphatic rings. The van der Waals surface area contributed by atoms with Gasteiger partial charge >= 0.3 is 0 Å². The number of amides is 4. The van der Waals surface area contributed by atoms with Gasteiger partial charge in [-0.15, -0.1) is 0 Å². The quantitative estimate of drug-likeness (QED) is 0.0682. The molecule has 0 radical (unpaired) electrons. The molecule has 0 atom stereocenters. The van der Waals surface area contributed by atoms with Gasteiger partial charge in [-0.1, -0.05) is 6.92 Å². The third-order valence-electron chi connectivity index (χ3n) is 11.3. The predicted octanol–water partition coefficient (Wildman–Crippen LogP) is 3.10. The number of rotatable bonds is 53. The summed E-state index contributed by atoms with van der Waals surface area (Å²) in [7, 11) is 6.33. The Morgan fingerprint density at radius 1 is 0.382 bits per heavy atom. The van der Waals surface area contributed by atoms with Crippen LogP contribution in [0.1, 0.15) is 123 Å². The number of nitrogens with one attached hydrogen (secondary N) is 4. The van der Waals surface area contributed by atoms with Gasteiger partial charge < -0.3 is 68.6 Å². The van der Waals surface area contributed by atoms with Crippen molar-refractivity contribution in [2.45, 2.75) is 115 Å². The second-order valence-corrected chi connectivity index (χ2v) is 17.9. The van der Waals surface area contributed by atoms with Crippen LogP contribution in [0.5, 0.6) is 0 Å². The molecule has 1 rings (SSSR count). The lowest BCUT2D eigenvalue weighted by Gasteiger charge is -2.19. The molecule has 0 spiro atoms. The summed E-state index contributed by atoms with van der Waals surface area (Å²) in [6.45, 7) is 5.78. The van der Waals surface area contributed by atoms with Gasteiger partial charge in [0.15, 0.2) is 0 Å². The van der Waals surface area contributed by atoms with Crippen molar-refractivity contribution in [2.24, 2.45) is 0 Å². The molecule has 0 saturated carbocycles. The van der Waals surface area contributed by atoms with E-state index in [-0.39, 0.29) is 166 Å². The number of benzene rings is 1. The van der Waals surface area contributed by atoms with Crippen molar-refractivity contribution < 1.29 is 85.7 Å². The van der Waals surface area contributed by atoms with Gasteiger partial charge in [0.1, 0.15) is 23.1 Å². The van der Waals surface area contributed by atoms with Crippen LogP contribution >= 0.6 is 0 Å². The van der Waals surface area contributed by atoms with Crippen LogP contribution in [-0.4, -0.2) is 206 Å². The zero-order chi connectivity index (χ0) is 55.9. The molecular formula is C54H90N4O18.